The van der Waals surface area contributed by atoms with Crippen LogP contribution in [0.25, 0.3) is 0 Å². The highest BCUT2D eigenvalue weighted by atomic mass is 79.9. The highest BCUT2D eigenvalue weighted by Crippen LogP contribution is 2.26. The van der Waals surface area contributed by atoms with Crippen molar-refractivity contribution in [2.24, 2.45) is 0 Å². The molecule has 1 heterocycles. The maximum Gasteiger partial charge on any atom is 0.258 e. The van der Waals surface area contributed by atoms with E-state index < -0.39 is 0 Å². The molecule has 0 saturated heterocycles. The van der Waals surface area contributed by atoms with E-state index >= 15 is 0 Å². The first-order chi connectivity index (χ1) is 9.11. The molecule has 1 amide bonds. The predicted octanol–water partition coefficient (Wildman–Crippen LogP) is 3.41. The summed E-state index contributed by atoms with van der Waals surface area (Å²) in [7, 11) is 1.57. The van der Waals surface area contributed by atoms with Gasteiger partial charge in [0.2, 0.25) is 0 Å². The smallest absolute Gasteiger partial charge is 0.258 e. The summed E-state index contributed by atoms with van der Waals surface area (Å²) in [4.78, 5) is 16.2. The Morgan fingerprint density at radius 1 is 1.37 bits per heavy atom. The molecule has 2 rings (SSSR count). The molecule has 1 aromatic carbocycles. The van der Waals surface area contributed by atoms with Gasteiger partial charge in [0.1, 0.15) is 10.4 Å². The van der Waals surface area contributed by atoms with Gasteiger partial charge in [-0.05, 0) is 52.7 Å². The van der Waals surface area contributed by atoms with E-state index in [1.165, 1.54) is 0 Å². The van der Waals surface area contributed by atoms with Crippen molar-refractivity contribution in [3.63, 3.8) is 0 Å². The largest absolute Gasteiger partial charge is 0.495 e. The topological polar surface area (TPSA) is 51.2 Å². The number of amides is 1. The lowest BCUT2D eigenvalue weighted by atomic mass is 10.2. The zero-order valence-corrected chi connectivity index (χ0v) is 12.2. The van der Waals surface area contributed by atoms with E-state index in [1.54, 1.807) is 25.4 Å². The van der Waals surface area contributed by atoms with Crippen molar-refractivity contribution >= 4 is 27.5 Å². The van der Waals surface area contributed by atoms with Gasteiger partial charge in [-0.15, -0.1) is 0 Å². The molecule has 0 aliphatic carbocycles. The monoisotopic (exact) mass is 320 g/mol. The van der Waals surface area contributed by atoms with E-state index in [2.05, 4.69) is 26.2 Å². The maximum atomic E-state index is 12.2. The number of benzene rings is 1. The lowest BCUT2D eigenvalue weighted by molar-refractivity contribution is 0.102. The van der Waals surface area contributed by atoms with Crippen LogP contribution in [-0.4, -0.2) is 18.0 Å². The number of halogens is 1. The average molecular weight is 321 g/mol. The lowest BCUT2D eigenvalue weighted by Crippen LogP contribution is -2.13. The van der Waals surface area contributed by atoms with Crippen LogP contribution in [0.1, 0.15) is 15.9 Å². The molecule has 98 valence electrons. The Labute approximate surface area is 119 Å². The predicted molar refractivity (Wildman–Crippen MR) is 77.6 cm³/mol. The van der Waals surface area contributed by atoms with Gasteiger partial charge in [-0.25, -0.2) is 4.98 Å². The van der Waals surface area contributed by atoms with Gasteiger partial charge >= 0.3 is 0 Å². The Morgan fingerprint density at radius 2 is 2.16 bits per heavy atom. The first-order valence-corrected chi connectivity index (χ1v) is 6.47. The van der Waals surface area contributed by atoms with Crippen molar-refractivity contribution in [3.8, 4) is 5.75 Å². The molecule has 0 saturated carbocycles. The quantitative estimate of drug-likeness (QED) is 0.882. The number of pyridine rings is 1. The summed E-state index contributed by atoms with van der Waals surface area (Å²) in [6, 6.07) is 9.03. The highest BCUT2D eigenvalue weighted by molar-refractivity contribution is 9.10. The summed E-state index contributed by atoms with van der Waals surface area (Å²) >= 11 is 3.26. The van der Waals surface area contributed by atoms with Crippen molar-refractivity contribution < 1.29 is 9.53 Å². The first kappa shape index (κ1) is 13.5. The summed E-state index contributed by atoms with van der Waals surface area (Å²) < 4.78 is 5.74. The summed E-state index contributed by atoms with van der Waals surface area (Å²) in [6.45, 7) is 1.95. The molecule has 0 aliphatic heterocycles. The van der Waals surface area contributed by atoms with Crippen molar-refractivity contribution in [1.29, 1.82) is 0 Å². The fraction of sp³-hybridized carbons (Fsp3) is 0.143. The molecule has 0 spiro atoms. The van der Waals surface area contributed by atoms with Crippen LogP contribution in [0, 0.1) is 6.92 Å². The second kappa shape index (κ2) is 5.84. The van der Waals surface area contributed by atoms with E-state index in [0.717, 1.165) is 5.56 Å². The number of nitrogens with one attached hydrogen (secondary N) is 1. The number of anilines is 1. The average Bonchev–Trinajstić information content (AvgIpc) is 2.39. The molecule has 0 fully saturated rings. The number of methoxy groups -OCH3 is 1. The molecule has 0 atom stereocenters. The number of hydrogen-bond donors (Lipinski definition) is 1. The Bertz CT molecular complexity index is 614. The summed E-state index contributed by atoms with van der Waals surface area (Å²) in [5.41, 5.74) is 2.16. The van der Waals surface area contributed by atoms with Gasteiger partial charge in [0.25, 0.3) is 5.91 Å². The van der Waals surface area contributed by atoms with E-state index in [4.69, 9.17) is 4.74 Å². The van der Waals surface area contributed by atoms with Crippen LogP contribution in [-0.2, 0) is 0 Å². The molecule has 1 N–H and O–H groups in total. The summed E-state index contributed by atoms with van der Waals surface area (Å²) in [5, 5.41) is 2.83. The van der Waals surface area contributed by atoms with Gasteiger partial charge in [-0.1, -0.05) is 6.07 Å². The van der Waals surface area contributed by atoms with E-state index in [9.17, 15) is 4.79 Å². The van der Waals surface area contributed by atoms with E-state index in [-0.39, 0.29) is 5.91 Å². The molecule has 2 aromatic rings. The molecule has 19 heavy (non-hydrogen) atoms. The number of rotatable bonds is 3. The number of carbonyl (C=O) groups is 1. The number of carbonyl (C=O) groups excluding carboxylic acids is 1. The Kier molecular flexibility index (Phi) is 4.16. The molecular formula is C14H13BrN2O2. The van der Waals surface area contributed by atoms with Crippen molar-refractivity contribution in [1.82, 2.24) is 4.98 Å². The Morgan fingerprint density at radius 3 is 2.84 bits per heavy atom. The minimum absolute atomic E-state index is 0.233. The molecule has 4 nitrogen and oxygen atoms in total. The fourth-order valence-corrected chi connectivity index (χ4v) is 2.10. The molecular weight excluding hydrogens is 308 g/mol. The van der Waals surface area contributed by atoms with Crippen molar-refractivity contribution in [3.05, 3.63) is 52.3 Å². The molecule has 0 aliphatic rings. The van der Waals surface area contributed by atoms with Crippen molar-refractivity contribution in [2.45, 2.75) is 6.92 Å². The first-order valence-electron chi connectivity index (χ1n) is 5.68. The second-order valence-corrected chi connectivity index (χ2v) is 4.75. The third-order valence-electron chi connectivity index (χ3n) is 2.61. The Balaban J connectivity index is 2.29. The SMILES string of the molecule is COc1ccc(C)cc1NC(=O)c1cccnc1Br. The molecule has 0 unspecified atom stereocenters. The maximum absolute atomic E-state index is 12.2. The van der Waals surface area contributed by atoms with Crippen LogP contribution in [0.3, 0.4) is 0 Å². The van der Waals surface area contributed by atoms with E-state index in [1.807, 2.05) is 25.1 Å². The van der Waals surface area contributed by atoms with Gasteiger partial charge in [-0.2, -0.15) is 0 Å². The van der Waals surface area contributed by atoms with Gasteiger partial charge in [-0.3, -0.25) is 4.79 Å². The number of nitrogens with zero attached hydrogens (tertiary/aromatic N) is 1. The third-order valence-corrected chi connectivity index (χ3v) is 3.24. The molecule has 0 radical (unpaired) electrons. The van der Waals surface area contributed by atoms with Crippen LogP contribution >= 0.6 is 15.9 Å². The molecule has 1 aromatic heterocycles. The Hall–Kier alpha value is -1.88. The zero-order valence-electron chi connectivity index (χ0n) is 10.6. The van der Waals surface area contributed by atoms with Crippen LogP contribution in [0.5, 0.6) is 5.75 Å². The van der Waals surface area contributed by atoms with Crippen molar-refractivity contribution in [2.75, 3.05) is 12.4 Å². The summed E-state index contributed by atoms with van der Waals surface area (Å²) in [6.07, 6.45) is 1.62. The van der Waals surface area contributed by atoms with Crippen LogP contribution in [0.2, 0.25) is 0 Å². The second-order valence-electron chi connectivity index (χ2n) is 4.00. The van der Waals surface area contributed by atoms with Gasteiger partial charge in [0, 0.05) is 6.20 Å². The highest BCUT2D eigenvalue weighted by Gasteiger charge is 2.13. The standard InChI is InChI=1S/C14H13BrN2O2/c1-9-5-6-12(19-2)11(8-9)17-14(18)10-4-3-7-16-13(10)15/h3-8H,1-2H3,(H,17,18). The van der Waals surface area contributed by atoms with Gasteiger partial charge < -0.3 is 10.1 Å². The lowest BCUT2D eigenvalue weighted by Gasteiger charge is -2.11. The third kappa shape index (κ3) is 3.12. The van der Waals surface area contributed by atoms with Crippen LogP contribution in [0.4, 0.5) is 5.69 Å². The summed E-state index contributed by atoms with van der Waals surface area (Å²) in [5.74, 6) is 0.392. The van der Waals surface area contributed by atoms with Crippen LogP contribution < -0.4 is 10.1 Å². The van der Waals surface area contributed by atoms with Gasteiger partial charge in [0.05, 0.1) is 18.4 Å². The molecule has 5 heteroatoms. The van der Waals surface area contributed by atoms with Gasteiger partial charge in [0.15, 0.2) is 0 Å². The fourth-order valence-electron chi connectivity index (χ4n) is 1.66. The number of hydrogen-bond acceptors (Lipinski definition) is 3. The minimum atomic E-state index is -0.233. The van der Waals surface area contributed by atoms with E-state index in [0.29, 0.717) is 21.6 Å². The zero-order chi connectivity index (χ0) is 13.8. The van der Waals surface area contributed by atoms with Crippen LogP contribution in [0.15, 0.2) is 41.1 Å². The molecule has 0 bridgehead atoms. The normalized spacial score (nSPS) is 10.1. The number of aromatic nitrogens is 1. The minimum Gasteiger partial charge on any atom is -0.495 e. The number of ether oxygens (including phenoxy) is 1. The number of aryl methyl sites for hydroxylation is 1.